The second kappa shape index (κ2) is 7.40. The van der Waals surface area contributed by atoms with Crippen molar-refractivity contribution in [1.82, 2.24) is 10.2 Å². The van der Waals surface area contributed by atoms with Gasteiger partial charge in [0, 0.05) is 5.41 Å². The lowest BCUT2D eigenvalue weighted by atomic mass is 9.70. The predicted molar refractivity (Wildman–Crippen MR) is 115 cm³/mol. The van der Waals surface area contributed by atoms with Gasteiger partial charge in [-0.25, -0.2) is 0 Å². The van der Waals surface area contributed by atoms with Crippen molar-refractivity contribution in [2.45, 2.75) is 50.1 Å². The maximum absolute atomic E-state index is 13.0. The van der Waals surface area contributed by atoms with Crippen LogP contribution in [-0.4, -0.2) is 33.7 Å². The summed E-state index contributed by atoms with van der Waals surface area (Å²) in [6.07, 6.45) is 2.04. The molecule has 1 aromatic heterocycles. The third-order valence-electron chi connectivity index (χ3n) is 6.76. The molecule has 2 aliphatic carbocycles. The first-order chi connectivity index (χ1) is 13.8. The third kappa shape index (κ3) is 3.26. The van der Waals surface area contributed by atoms with Crippen LogP contribution in [0.2, 0.25) is 0 Å². The van der Waals surface area contributed by atoms with Gasteiger partial charge >= 0.3 is 0 Å². The van der Waals surface area contributed by atoms with Crippen LogP contribution in [0.5, 0.6) is 5.75 Å². The number of nitrogens with one attached hydrogen (secondary N) is 1. The Hall–Kier alpha value is -1.93. The van der Waals surface area contributed by atoms with Crippen molar-refractivity contribution >= 4 is 39.9 Å². The summed E-state index contributed by atoms with van der Waals surface area (Å²) in [7, 11) is 0. The Kier molecular flexibility index (Phi) is 5.19. The summed E-state index contributed by atoms with van der Waals surface area (Å²) >= 11 is 2.80. The Morgan fingerprint density at radius 2 is 2.07 bits per heavy atom. The van der Waals surface area contributed by atoms with E-state index in [1.807, 2.05) is 13.0 Å². The molecule has 0 radical (unpaired) electrons. The van der Waals surface area contributed by atoms with E-state index in [4.69, 9.17) is 4.74 Å². The Balaban J connectivity index is 1.46. The monoisotopic (exact) mass is 431 g/mol. The van der Waals surface area contributed by atoms with E-state index >= 15 is 0 Å². The minimum Gasteiger partial charge on any atom is -0.493 e. The van der Waals surface area contributed by atoms with Crippen LogP contribution in [-0.2, 0) is 4.79 Å². The van der Waals surface area contributed by atoms with Gasteiger partial charge in [0.15, 0.2) is 10.1 Å². The highest BCUT2D eigenvalue weighted by atomic mass is 32.2. The molecule has 0 spiro atoms. The summed E-state index contributed by atoms with van der Waals surface area (Å²) in [4.78, 5) is 25.7. The molecule has 8 heteroatoms. The first-order valence-electron chi connectivity index (χ1n) is 9.85. The number of anilines is 1. The number of hydrogen-bond acceptors (Lipinski definition) is 7. The molecule has 2 aliphatic rings. The normalized spacial score (nSPS) is 27.2. The van der Waals surface area contributed by atoms with Crippen molar-refractivity contribution in [2.75, 3.05) is 11.9 Å². The van der Waals surface area contributed by atoms with Crippen molar-refractivity contribution in [3.8, 4) is 5.75 Å². The van der Waals surface area contributed by atoms with E-state index in [0.717, 1.165) is 12.8 Å². The number of amides is 1. The smallest absolute Gasteiger partial charge is 0.261 e. The summed E-state index contributed by atoms with van der Waals surface area (Å²) in [6.45, 7) is 8.89. The summed E-state index contributed by atoms with van der Waals surface area (Å²) in [5.41, 5.74) is 0.212. The summed E-state index contributed by atoms with van der Waals surface area (Å²) in [5, 5.41) is 11.4. The number of ether oxygens (including phenoxy) is 1. The number of carbonyl (C=O) groups is 2. The fraction of sp³-hybridized carbons (Fsp3) is 0.524. The highest BCUT2D eigenvalue weighted by Crippen LogP contribution is 2.66. The van der Waals surface area contributed by atoms with Crippen molar-refractivity contribution < 1.29 is 14.3 Å². The summed E-state index contributed by atoms with van der Waals surface area (Å²) in [5.74, 6) is 0.932. The maximum Gasteiger partial charge on any atom is 0.261 e. The van der Waals surface area contributed by atoms with Gasteiger partial charge in [-0.1, -0.05) is 56.0 Å². The summed E-state index contributed by atoms with van der Waals surface area (Å²) < 4.78 is 6.24. The molecule has 1 heterocycles. The number of rotatable bonds is 6. The molecule has 4 rings (SSSR count). The molecule has 3 atom stereocenters. The van der Waals surface area contributed by atoms with E-state index in [-0.39, 0.29) is 22.0 Å². The van der Waals surface area contributed by atoms with E-state index < -0.39 is 0 Å². The largest absolute Gasteiger partial charge is 0.493 e. The molecule has 1 aromatic carbocycles. The fourth-order valence-corrected chi connectivity index (χ4v) is 7.18. The van der Waals surface area contributed by atoms with Crippen molar-refractivity contribution in [2.24, 2.45) is 16.7 Å². The number of thioether (sulfide) groups is 1. The van der Waals surface area contributed by atoms with E-state index in [0.29, 0.717) is 39.1 Å². The Bertz CT molecular complexity index is 958. The van der Waals surface area contributed by atoms with Crippen LogP contribution in [0.1, 0.15) is 50.9 Å². The molecule has 0 saturated heterocycles. The van der Waals surface area contributed by atoms with Gasteiger partial charge in [0.05, 0.1) is 17.4 Å². The number of ketones is 1. The van der Waals surface area contributed by atoms with E-state index in [2.05, 4.69) is 36.3 Å². The molecule has 29 heavy (non-hydrogen) atoms. The number of hydrogen-bond donors (Lipinski definition) is 1. The standard InChI is InChI=1S/C21H25N3O3S2/c1-5-27-14-9-7-6-8-12(14)17(26)22-18-23-24-19(29-18)28-15-13-10-11-21(4,16(15)25)20(13,2)3/h6-9,13,15H,5,10-11H2,1-4H3,(H,22,23,26). The first-order valence-corrected chi connectivity index (χ1v) is 11.5. The zero-order valence-corrected chi connectivity index (χ0v) is 18.7. The highest BCUT2D eigenvalue weighted by Gasteiger charge is 2.66. The van der Waals surface area contributed by atoms with Gasteiger partial charge in [0.1, 0.15) is 5.75 Å². The Labute approximate surface area is 178 Å². The molecule has 1 N–H and O–H groups in total. The lowest BCUT2D eigenvalue weighted by Gasteiger charge is -2.32. The second-order valence-electron chi connectivity index (χ2n) is 8.36. The van der Waals surface area contributed by atoms with Gasteiger partial charge < -0.3 is 4.74 Å². The zero-order chi connectivity index (χ0) is 20.8. The van der Waals surface area contributed by atoms with Gasteiger partial charge in [-0.2, -0.15) is 0 Å². The number of benzene rings is 1. The lowest BCUT2D eigenvalue weighted by Crippen LogP contribution is -2.34. The third-order valence-corrected chi connectivity index (χ3v) is 9.01. The second-order valence-corrected chi connectivity index (χ2v) is 10.7. The average molecular weight is 432 g/mol. The first kappa shape index (κ1) is 20.3. The molecule has 2 fully saturated rings. The van der Waals surface area contributed by atoms with Gasteiger partial charge in [-0.3, -0.25) is 14.9 Å². The SMILES string of the molecule is CCOc1ccccc1C(=O)Nc1nnc(SC2C(=O)C3(C)CCC2C3(C)C)s1. The van der Waals surface area contributed by atoms with Crippen molar-refractivity contribution in [3.63, 3.8) is 0 Å². The average Bonchev–Trinajstić information content (AvgIpc) is 3.25. The number of nitrogens with zero attached hydrogens (tertiary/aromatic N) is 2. The number of Topliss-reactive ketones (excluding diaryl/α,β-unsaturated/α-hetero) is 1. The molecule has 3 unspecified atom stereocenters. The fourth-order valence-electron chi connectivity index (χ4n) is 4.66. The molecule has 1 amide bonds. The predicted octanol–water partition coefficient (Wildman–Crippen LogP) is 4.68. The molecular formula is C21H25N3O3S2. The van der Waals surface area contributed by atoms with Crippen LogP contribution in [0.3, 0.4) is 0 Å². The van der Waals surface area contributed by atoms with Crippen LogP contribution in [0.25, 0.3) is 0 Å². The number of carbonyl (C=O) groups excluding carboxylic acids is 2. The number of fused-ring (bicyclic) bond motifs is 2. The molecule has 2 saturated carbocycles. The molecule has 0 aliphatic heterocycles. The molecule has 2 bridgehead atoms. The van der Waals surface area contributed by atoms with Crippen molar-refractivity contribution in [1.29, 1.82) is 0 Å². The van der Waals surface area contributed by atoms with Gasteiger partial charge in [-0.15, -0.1) is 10.2 Å². The highest BCUT2D eigenvalue weighted by molar-refractivity contribution is 8.02. The van der Waals surface area contributed by atoms with Crippen LogP contribution >= 0.6 is 23.1 Å². The van der Waals surface area contributed by atoms with Crippen LogP contribution in [0.15, 0.2) is 28.6 Å². The Morgan fingerprint density at radius 3 is 2.76 bits per heavy atom. The Morgan fingerprint density at radius 1 is 1.31 bits per heavy atom. The van der Waals surface area contributed by atoms with Crippen molar-refractivity contribution in [3.05, 3.63) is 29.8 Å². The maximum atomic E-state index is 13.0. The lowest BCUT2D eigenvalue weighted by molar-refractivity contribution is -0.127. The zero-order valence-electron chi connectivity index (χ0n) is 17.0. The molecular weight excluding hydrogens is 406 g/mol. The minimum atomic E-state index is -0.286. The van der Waals surface area contributed by atoms with Gasteiger partial charge in [0.2, 0.25) is 5.13 Å². The topological polar surface area (TPSA) is 81.2 Å². The van der Waals surface area contributed by atoms with E-state index in [1.165, 1.54) is 23.1 Å². The molecule has 2 aromatic rings. The van der Waals surface area contributed by atoms with E-state index in [9.17, 15) is 9.59 Å². The summed E-state index contributed by atoms with van der Waals surface area (Å²) in [6, 6.07) is 7.11. The minimum absolute atomic E-state index is 0.00642. The molecule has 154 valence electrons. The number of para-hydroxylation sites is 1. The van der Waals surface area contributed by atoms with Crippen LogP contribution in [0.4, 0.5) is 5.13 Å². The van der Waals surface area contributed by atoms with Gasteiger partial charge in [-0.05, 0) is 43.2 Å². The van der Waals surface area contributed by atoms with Crippen LogP contribution < -0.4 is 10.1 Å². The molecule has 6 nitrogen and oxygen atoms in total. The van der Waals surface area contributed by atoms with Gasteiger partial charge in [0.25, 0.3) is 5.91 Å². The van der Waals surface area contributed by atoms with E-state index in [1.54, 1.807) is 18.2 Å². The quantitative estimate of drug-likeness (QED) is 0.669. The van der Waals surface area contributed by atoms with Crippen LogP contribution in [0, 0.1) is 16.7 Å². The number of aromatic nitrogens is 2.